The molecule has 1 fully saturated rings. The molecule has 1 aliphatic heterocycles. The van der Waals surface area contributed by atoms with Gasteiger partial charge in [0.1, 0.15) is 24.1 Å². The van der Waals surface area contributed by atoms with Crippen LogP contribution in [0.25, 0.3) is 0 Å². The van der Waals surface area contributed by atoms with Crippen molar-refractivity contribution in [2.45, 2.75) is 80.6 Å². The van der Waals surface area contributed by atoms with Crippen molar-refractivity contribution >= 4 is 23.6 Å². The fourth-order valence-electron chi connectivity index (χ4n) is 8.87. The van der Waals surface area contributed by atoms with Crippen molar-refractivity contribution in [1.29, 1.82) is 0 Å². The minimum atomic E-state index is -1.36. The molecule has 0 bridgehead atoms. The van der Waals surface area contributed by atoms with Gasteiger partial charge in [-0.25, -0.2) is 4.79 Å². The highest BCUT2D eigenvalue weighted by Crippen LogP contribution is 2.61. The number of fused-ring (bicyclic) bond motifs is 2. The summed E-state index contributed by atoms with van der Waals surface area (Å²) in [5, 5.41) is 24.7. The Morgan fingerprint density at radius 1 is 0.966 bits per heavy atom. The number of carbonyl (C=O) groups is 1. The van der Waals surface area contributed by atoms with E-state index < -0.39 is 23.8 Å². The summed E-state index contributed by atoms with van der Waals surface area (Å²) in [6.45, 7) is 9.18. The monoisotopic (exact) mass is 824 g/mol. The summed E-state index contributed by atoms with van der Waals surface area (Å²) in [5.74, 6) is 0.477. The molecule has 2 N–H and O–H groups in total. The first kappa shape index (κ1) is 44.0. The third-order valence-corrected chi connectivity index (χ3v) is 12.5. The lowest BCUT2D eigenvalue weighted by atomic mass is 9.55. The number of aliphatic hydroxyl groups is 2. The van der Waals surface area contributed by atoms with E-state index in [0.29, 0.717) is 31.6 Å². The fourth-order valence-corrected chi connectivity index (χ4v) is 9.62. The second-order valence-corrected chi connectivity index (χ2v) is 16.5. The molecule has 10 nitrogen and oxygen atoms in total. The van der Waals surface area contributed by atoms with Crippen LogP contribution < -0.4 is 9.47 Å². The largest absolute Gasteiger partial charge is 0.493 e. The smallest absolute Gasteiger partial charge is 0.409 e. The Morgan fingerprint density at radius 2 is 1.71 bits per heavy atom. The molecule has 0 spiro atoms. The van der Waals surface area contributed by atoms with Gasteiger partial charge in [0, 0.05) is 48.8 Å². The molecular formula is C48H60N2O8S. The van der Waals surface area contributed by atoms with E-state index >= 15 is 0 Å². The van der Waals surface area contributed by atoms with E-state index in [9.17, 15) is 15.0 Å². The summed E-state index contributed by atoms with van der Waals surface area (Å²) >= 11 is 1.75. The number of amides is 1. The SMILES string of the molecule is C=CCCOC(=O)N(C)[C@H]1CC(=NOCc2ccccc2)C2=C[C@H](CCCCO)[C@@H](CCCCO)[C@@H]3c4cc(OCCSc5ccccc5)ccc4O[C@@]1(OCC=C)[C@H]23. The number of benzene rings is 3. The number of rotatable bonds is 23. The predicted octanol–water partition coefficient (Wildman–Crippen LogP) is 9.34. The van der Waals surface area contributed by atoms with Crippen LogP contribution in [0.15, 0.2) is 126 Å². The van der Waals surface area contributed by atoms with Crippen molar-refractivity contribution < 1.29 is 38.8 Å². The van der Waals surface area contributed by atoms with E-state index in [1.165, 1.54) is 4.90 Å². The van der Waals surface area contributed by atoms with Gasteiger partial charge in [-0.05, 0) is 85.4 Å². The van der Waals surface area contributed by atoms with Gasteiger partial charge in [0.2, 0.25) is 5.79 Å². The highest BCUT2D eigenvalue weighted by atomic mass is 32.2. The average molecular weight is 825 g/mol. The molecule has 3 aromatic rings. The predicted molar refractivity (Wildman–Crippen MR) is 233 cm³/mol. The maximum Gasteiger partial charge on any atom is 0.409 e. The Kier molecular flexibility index (Phi) is 16.5. The third kappa shape index (κ3) is 10.8. The number of nitrogens with zero attached hydrogens (tertiary/aromatic N) is 2. The Hall–Kier alpha value is -4.55. The zero-order valence-electron chi connectivity index (χ0n) is 34.3. The van der Waals surface area contributed by atoms with Crippen LogP contribution >= 0.6 is 11.8 Å². The molecule has 3 aliphatic rings. The minimum absolute atomic E-state index is 0.0994. The molecule has 316 valence electrons. The topological polar surface area (TPSA) is 119 Å². The number of hydrogen-bond donors (Lipinski definition) is 2. The molecule has 59 heavy (non-hydrogen) atoms. The van der Waals surface area contributed by atoms with Crippen molar-refractivity contribution in [2.24, 2.45) is 22.9 Å². The zero-order valence-corrected chi connectivity index (χ0v) is 35.1. The summed E-state index contributed by atoms with van der Waals surface area (Å²) in [6, 6.07) is 25.6. The molecular weight excluding hydrogens is 765 g/mol. The standard InChI is InChI=1S/C48H60N2O8S/c1-4-6-28-55-47(53)50(3)44-33-42(49-57-34-35-17-9-7-10-18-35)40-31-36(19-13-15-25-51)39(22-14-16-26-52)45-41-32-37(54-29-30-59-38-20-11-8-12-21-38)23-24-43(41)58-48(44,46(40)45)56-27-5-2/h4-5,7-12,17-18,20-21,23-24,31-32,36,39,44-46,51-52H,1-2,6,13-16,19,22,25-30,33-34H2,3H3/t36-,39+,44-,45+,46+,48+/m0/s1. The summed E-state index contributed by atoms with van der Waals surface area (Å²) in [6.07, 6.45) is 10.8. The van der Waals surface area contributed by atoms with Gasteiger partial charge >= 0.3 is 6.09 Å². The Balaban J connectivity index is 1.47. The summed E-state index contributed by atoms with van der Waals surface area (Å²) in [4.78, 5) is 22.8. The Labute approximate surface area is 353 Å². The third-order valence-electron chi connectivity index (χ3n) is 11.6. The first-order valence-corrected chi connectivity index (χ1v) is 22.0. The number of oxime groups is 1. The van der Waals surface area contributed by atoms with Crippen LogP contribution in [-0.4, -0.2) is 84.6 Å². The Morgan fingerprint density at radius 3 is 2.44 bits per heavy atom. The van der Waals surface area contributed by atoms with E-state index in [1.54, 1.807) is 35.9 Å². The van der Waals surface area contributed by atoms with Gasteiger partial charge in [-0.1, -0.05) is 84.8 Å². The van der Waals surface area contributed by atoms with E-state index in [4.69, 9.17) is 28.9 Å². The average Bonchev–Trinajstić information content (AvgIpc) is 3.26. The number of hydrogen-bond acceptors (Lipinski definition) is 10. The molecule has 1 saturated carbocycles. The Bertz CT molecular complexity index is 1870. The van der Waals surface area contributed by atoms with E-state index in [-0.39, 0.29) is 57.2 Å². The number of aliphatic hydroxyl groups excluding tert-OH is 2. The van der Waals surface area contributed by atoms with E-state index in [0.717, 1.165) is 59.6 Å². The van der Waals surface area contributed by atoms with Gasteiger partial charge < -0.3 is 38.9 Å². The zero-order chi connectivity index (χ0) is 41.5. The van der Waals surface area contributed by atoms with Gasteiger partial charge in [-0.3, -0.25) is 0 Å². The van der Waals surface area contributed by atoms with Gasteiger partial charge in [0.05, 0.1) is 31.5 Å². The molecule has 0 radical (unpaired) electrons. The lowest BCUT2D eigenvalue weighted by molar-refractivity contribution is -0.253. The second kappa shape index (κ2) is 22.2. The maximum absolute atomic E-state index is 13.9. The highest BCUT2D eigenvalue weighted by Gasteiger charge is 2.65. The van der Waals surface area contributed by atoms with Crippen LogP contribution in [0.1, 0.15) is 68.4 Å². The summed E-state index contributed by atoms with van der Waals surface area (Å²) in [5.41, 5.74) is 3.69. The number of unbranched alkanes of at least 4 members (excludes halogenated alkanes) is 2. The first-order chi connectivity index (χ1) is 28.9. The molecule has 11 heteroatoms. The quantitative estimate of drug-likeness (QED) is 0.0418. The summed E-state index contributed by atoms with van der Waals surface area (Å²) < 4.78 is 26.4. The van der Waals surface area contributed by atoms with Gasteiger partial charge in [0.25, 0.3) is 0 Å². The molecule has 0 unspecified atom stereocenters. The second-order valence-electron chi connectivity index (χ2n) is 15.3. The van der Waals surface area contributed by atoms with Crippen LogP contribution in [0.2, 0.25) is 0 Å². The number of allylic oxidation sites excluding steroid dienone is 1. The van der Waals surface area contributed by atoms with Crippen molar-refractivity contribution in [3.8, 4) is 11.5 Å². The van der Waals surface area contributed by atoms with Crippen LogP contribution in [-0.2, 0) is 20.9 Å². The summed E-state index contributed by atoms with van der Waals surface area (Å²) in [7, 11) is 1.73. The molecule has 6 atom stereocenters. The van der Waals surface area contributed by atoms with Gasteiger partial charge in [-0.2, -0.15) is 0 Å². The molecule has 0 aromatic heterocycles. The first-order valence-electron chi connectivity index (χ1n) is 21.0. The highest BCUT2D eigenvalue weighted by molar-refractivity contribution is 7.99. The molecule has 1 amide bonds. The lowest BCUT2D eigenvalue weighted by Gasteiger charge is -2.59. The molecule has 0 saturated heterocycles. The molecule has 3 aromatic carbocycles. The van der Waals surface area contributed by atoms with Crippen molar-refractivity contribution in [1.82, 2.24) is 4.90 Å². The molecule has 1 heterocycles. The number of thioether (sulfide) groups is 1. The normalized spacial score (nSPS) is 23.5. The molecule has 2 aliphatic carbocycles. The van der Waals surface area contributed by atoms with E-state index in [1.807, 2.05) is 60.7 Å². The number of ether oxygens (including phenoxy) is 4. The molecule has 6 rings (SSSR count). The lowest BCUT2D eigenvalue weighted by Crippen LogP contribution is -2.69. The van der Waals surface area contributed by atoms with Crippen LogP contribution in [0.3, 0.4) is 0 Å². The van der Waals surface area contributed by atoms with Crippen LogP contribution in [0.5, 0.6) is 11.5 Å². The van der Waals surface area contributed by atoms with Crippen molar-refractivity contribution in [2.75, 3.05) is 45.8 Å². The van der Waals surface area contributed by atoms with Gasteiger partial charge in [0.15, 0.2) is 0 Å². The minimum Gasteiger partial charge on any atom is -0.493 e. The van der Waals surface area contributed by atoms with Crippen molar-refractivity contribution in [3.05, 3.63) is 127 Å². The number of likely N-dealkylation sites (N-methyl/N-ethyl adjacent to an activating group) is 1. The maximum atomic E-state index is 13.9. The van der Waals surface area contributed by atoms with Gasteiger partial charge in [-0.15, -0.1) is 24.9 Å². The van der Waals surface area contributed by atoms with Crippen LogP contribution in [0, 0.1) is 17.8 Å². The van der Waals surface area contributed by atoms with E-state index in [2.05, 4.69) is 37.4 Å². The fraction of sp³-hybridized carbons (Fsp3) is 0.458. The number of carbonyl (C=O) groups excluding carboxylic acids is 1. The van der Waals surface area contributed by atoms with Crippen LogP contribution in [0.4, 0.5) is 4.79 Å². The van der Waals surface area contributed by atoms with Crippen molar-refractivity contribution in [3.63, 3.8) is 0 Å².